The fraction of sp³-hybridized carbons (Fsp3) is 0.190. The molecule has 1 fully saturated rings. The highest BCUT2D eigenvalue weighted by molar-refractivity contribution is 8.18. The highest BCUT2D eigenvalue weighted by Gasteiger charge is 2.35. The molecule has 11 heteroatoms. The minimum absolute atomic E-state index is 0.0986. The first-order chi connectivity index (χ1) is 15.2. The van der Waals surface area contributed by atoms with Gasteiger partial charge in [0.05, 0.1) is 23.5 Å². The number of carboxylic acid groups (broad SMARTS) is 1. The third-order valence-corrected chi connectivity index (χ3v) is 5.40. The molecule has 2 aromatic carbocycles. The van der Waals surface area contributed by atoms with Crippen molar-refractivity contribution in [2.45, 2.75) is 19.6 Å². The van der Waals surface area contributed by atoms with E-state index in [1.807, 2.05) is 0 Å². The Balaban J connectivity index is 1.90. The lowest BCUT2D eigenvalue weighted by atomic mass is 10.1. The molecule has 0 saturated carbocycles. The molecule has 0 aliphatic carbocycles. The standard InChI is InChI=1S/C21H18N2O8S/c1-12(20(25)26)31-18-14(6-4-8-16(18)30-2)10-17-19(24)22(21(27)32-17)11-13-5-3-7-15(9-13)23(28)29/h3-10,12H,11H2,1-2H3,(H,25,26)/b17-10-/t12-/m0/s1. The highest BCUT2D eigenvalue weighted by Crippen LogP contribution is 2.38. The zero-order valence-electron chi connectivity index (χ0n) is 17.0. The van der Waals surface area contributed by atoms with Crippen LogP contribution >= 0.6 is 11.8 Å². The molecular formula is C21H18N2O8S. The number of benzene rings is 2. The molecule has 1 aliphatic heterocycles. The fourth-order valence-corrected chi connectivity index (χ4v) is 3.72. The third-order valence-electron chi connectivity index (χ3n) is 4.49. The Morgan fingerprint density at radius 2 is 2.00 bits per heavy atom. The number of carbonyl (C=O) groups is 3. The van der Waals surface area contributed by atoms with Gasteiger partial charge in [-0.05, 0) is 36.4 Å². The summed E-state index contributed by atoms with van der Waals surface area (Å²) in [6.45, 7) is 1.23. The number of ether oxygens (including phenoxy) is 2. The summed E-state index contributed by atoms with van der Waals surface area (Å²) in [4.78, 5) is 48.0. The van der Waals surface area contributed by atoms with Crippen LogP contribution < -0.4 is 9.47 Å². The van der Waals surface area contributed by atoms with Gasteiger partial charge >= 0.3 is 5.97 Å². The van der Waals surface area contributed by atoms with Gasteiger partial charge in [0.25, 0.3) is 16.8 Å². The summed E-state index contributed by atoms with van der Waals surface area (Å²) in [5.41, 5.74) is 0.650. The van der Waals surface area contributed by atoms with Crippen molar-refractivity contribution >= 4 is 40.6 Å². The van der Waals surface area contributed by atoms with Crippen LogP contribution in [-0.4, -0.2) is 45.3 Å². The third kappa shape index (κ3) is 4.89. The van der Waals surface area contributed by atoms with Crippen molar-refractivity contribution in [3.63, 3.8) is 0 Å². The molecule has 2 aromatic rings. The zero-order valence-corrected chi connectivity index (χ0v) is 17.8. The molecule has 0 bridgehead atoms. The quantitative estimate of drug-likeness (QED) is 0.357. The summed E-state index contributed by atoms with van der Waals surface area (Å²) in [5, 5.41) is 19.6. The molecular weight excluding hydrogens is 440 g/mol. The van der Waals surface area contributed by atoms with E-state index >= 15 is 0 Å². The average molecular weight is 458 g/mol. The summed E-state index contributed by atoms with van der Waals surface area (Å²) < 4.78 is 10.7. The van der Waals surface area contributed by atoms with Crippen LogP contribution in [0.3, 0.4) is 0 Å². The number of nitro groups is 1. The van der Waals surface area contributed by atoms with Gasteiger partial charge in [0.1, 0.15) is 0 Å². The van der Waals surface area contributed by atoms with Crippen molar-refractivity contribution in [3.05, 3.63) is 68.6 Å². The number of carboxylic acids is 1. The van der Waals surface area contributed by atoms with Crippen molar-refractivity contribution in [1.29, 1.82) is 0 Å². The number of hydrogen-bond acceptors (Lipinski definition) is 8. The molecule has 1 saturated heterocycles. The number of imide groups is 1. The van der Waals surface area contributed by atoms with Gasteiger partial charge in [0, 0.05) is 17.7 Å². The van der Waals surface area contributed by atoms with Gasteiger partial charge in [-0.2, -0.15) is 0 Å². The highest BCUT2D eigenvalue weighted by atomic mass is 32.2. The molecule has 1 heterocycles. The molecule has 1 aliphatic rings. The van der Waals surface area contributed by atoms with Crippen LogP contribution in [0.2, 0.25) is 0 Å². The molecule has 10 nitrogen and oxygen atoms in total. The Labute approximate surface area is 186 Å². The molecule has 3 rings (SSSR count). The molecule has 1 N–H and O–H groups in total. The Bertz CT molecular complexity index is 1130. The zero-order chi connectivity index (χ0) is 23.4. The SMILES string of the molecule is COc1cccc(/C=C2\SC(=O)N(Cc3cccc([N+](=O)[O-])c3)C2=O)c1O[C@@H](C)C(=O)O. The molecule has 2 amide bonds. The lowest BCUT2D eigenvalue weighted by molar-refractivity contribution is -0.384. The second kappa shape index (κ2) is 9.52. The summed E-state index contributed by atoms with van der Waals surface area (Å²) in [7, 11) is 1.39. The largest absolute Gasteiger partial charge is 0.493 e. The Hall–Kier alpha value is -3.86. The van der Waals surface area contributed by atoms with Crippen LogP contribution in [-0.2, 0) is 16.1 Å². The van der Waals surface area contributed by atoms with E-state index in [9.17, 15) is 24.5 Å². The van der Waals surface area contributed by atoms with Crippen molar-refractivity contribution in [2.24, 2.45) is 0 Å². The second-order valence-electron chi connectivity index (χ2n) is 6.67. The lowest BCUT2D eigenvalue weighted by Crippen LogP contribution is -2.27. The number of aliphatic carboxylic acids is 1. The van der Waals surface area contributed by atoms with E-state index in [-0.39, 0.29) is 28.6 Å². The first-order valence-electron chi connectivity index (χ1n) is 9.26. The number of hydrogen-bond donors (Lipinski definition) is 1. The maximum atomic E-state index is 12.9. The van der Waals surface area contributed by atoms with Crippen molar-refractivity contribution < 1.29 is 33.9 Å². The Morgan fingerprint density at radius 1 is 1.28 bits per heavy atom. The van der Waals surface area contributed by atoms with Gasteiger partial charge in [-0.15, -0.1) is 0 Å². The summed E-state index contributed by atoms with van der Waals surface area (Å²) in [5.74, 6) is -1.37. The van der Waals surface area contributed by atoms with E-state index in [1.54, 1.807) is 24.3 Å². The van der Waals surface area contributed by atoms with Crippen molar-refractivity contribution in [1.82, 2.24) is 4.90 Å². The van der Waals surface area contributed by atoms with Crippen LogP contribution in [0.4, 0.5) is 10.5 Å². The van der Waals surface area contributed by atoms with E-state index < -0.39 is 28.1 Å². The molecule has 0 unspecified atom stereocenters. The molecule has 166 valence electrons. The normalized spacial score (nSPS) is 15.7. The number of carbonyl (C=O) groups excluding carboxylic acids is 2. The van der Waals surface area contributed by atoms with Gasteiger partial charge < -0.3 is 14.6 Å². The molecule has 1 atom stereocenters. The Kier molecular flexibility index (Phi) is 6.79. The monoisotopic (exact) mass is 458 g/mol. The van der Waals surface area contributed by atoms with E-state index in [4.69, 9.17) is 14.6 Å². The summed E-state index contributed by atoms with van der Waals surface area (Å²) >= 11 is 0.706. The van der Waals surface area contributed by atoms with Crippen LogP contribution in [0.1, 0.15) is 18.1 Å². The topological polar surface area (TPSA) is 136 Å². The molecule has 0 radical (unpaired) electrons. The maximum absolute atomic E-state index is 12.9. The van der Waals surface area contributed by atoms with E-state index in [2.05, 4.69) is 0 Å². The van der Waals surface area contributed by atoms with Gasteiger partial charge in [-0.25, -0.2) is 4.79 Å². The van der Waals surface area contributed by atoms with Crippen LogP contribution in [0, 0.1) is 10.1 Å². The predicted octanol–water partition coefficient (Wildman–Crippen LogP) is 3.69. The second-order valence-corrected chi connectivity index (χ2v) is 7.66. The summed E-state index contributed by atoms with van der Waals surface area (Å²) in [6, 6.07) is 10.5. The number of methoxy groups -OCH3 is 1. The van der Waals surface area contributed by atoms with E-state index in [0.29, 0.717) is 22.9 Å². The molecule has 32 heavy (non-hydrogen) atoms. The van der Waals surface area contributed by atoms with Gasteiger partial charge in [0.15, 0.2) is 17.6 Å². The predicted molar refractivity (Wildman–Crippen MR) is 115 cm³/mol. The van der Waals surface area contributed by atoms with Crippen LogP contribution in [0.25, 0.3) is 6.08 Å². The van der Waals surface area contributed by atoms with E-state index in [1.165, 1.54) is 38.3 Å². The fourth-order valence-electron chi connectivity index (χ4n) is 2.89. The first-order valence-corrected chi connectivity index (χ1v) is 10.1. The van der Waals surface area contributed by atoms with Gasteiger partial charge in [-0.1, -0.05) is 24.3 Å². The lowest BCUT2D eigenvalue weighted by Gasteiger charge is -2.16. The maximum Gasteiger partial charge on any atom is 0.344 e. The number of thioether (sulfide) groups is 1. The molecule has 0 spiro atoms. The van der Waals surface area contributed by atoms with Crippen LogP contribution in [0.5, 0.6) is 11.5 Å². The minimum Gasteiger partial charge on any atom is -0.493 e. The molecule has 0 aromatic heterocycles. The van der Waals surface area contributed by atoms with Crippen molar-refractivity contribution in [3.8, 4) is 11.5 Å². The average Bonchev–Trinajstić information content (AvgIpc) is 3.02. The Morgan fingerprint density at radius 3 is 2.66 bits per heavy atom. The summed E-state index contributed by atoms with van der Waals surface area (Å²) in [6.07, 6.45) is 0.243. The first kappa shape index (κ1) is 22.8. The van der Waals surface area contributed by atoms with Crippen LogP contribution in [0.15, 0.2) is 47.4 Å². The number of amides is 2. The number of rotatable bonds is 8. The number of non-ortho nitro benzene ring substituents is 1. The number of para-hydroxylation sites is 1. The number of nitrogens with zero attached hydrogens (tertiary/aromatic N) is 2. The number of nitro benzene ring substituents is 1. The van der Waals surface area contributed by atoms with Gasteiger partial charge in [-0.3, -0.25) is 24.6 Å². The van der Waals surface area contributed by atoms with Gasteiger partial charge in [0.2, 0.25) is 0 Å². The van der Waals surface area contributed by atoms with Crippen molar-refractivity contribution in [2.75, 3.05) is 7.11 Å². The smallest absolute Gasteiger partial charge is 0.344 e. The minimum atomic E-state index is -1.18. The van der Waals surface area contributed by atoms with E-state index in [0.717, 1.165) is 4.90 Å².